The maximum absolute atomic E-state index is 12.7. The number of nitrogens with zero attached hydrogens (tertiary/aromatic N) is 1. The number of anilines is 1. The fraction of sp³-hybridized carbons (Fsp3) is 0.176. The highest BCUT2D eigenvalue weighted by atomic mass is 16.4. The summed E-state index contributed by atoms with van der Waals surface area (Å²) in [5, 5.41) is 9.40. The Kier molecular flexibility index (Phi) is 3.22. The SMILES string of the molecule is Cc1ccc(C(=O)N2c3ccccc3CC2C(=O)O)cc1. The highest BCUT2D eigenvalue weighted by molar-refractivity contribution is 6.10. The molecule has 1 aliphatic heterocycles. The number of para-hydroxylation sites is 1. The van der Waals surface area contributed by atoms with E-state index in [-0.39, 0.29) is 5.91 Å². The molecule has 1 N–H and O–H groups in total. The lowest BCUT2D eigenvalue weighted by Gasteiger charge is -2.22. The molecule has 0 spiro atoms. The van der Waals surface area contributed by atoms with E-state index in [0.29, 0.717) is 17.7 Å². The molecule has 1 amide bonds. The van der Waals surface area contributed by atoms with Gasteiger partial charge in [0.15, 0.2) is 0 Å². The molecule has 3 rings (SSSR count). The zero-order chi connectivity index (χ0) is 15.0. The van der Waals surface area contributed by atoms with Crippen LogP contribution in [0.5, 0.6) is 0 Å². The Balaban J connectivity index is 2.03. The van der Waals surface area contributed by atoms with Gasteiger partial charge in [0.05, 0.1) is 0 Å². The molecule has 1 aliphatic rings. The number of carboxylic acids is 1. The van der Waals surface area contributed by atoms with E-state index in [1.54, 1.807) is 18.2 Å². The van der Waals surface area contributed by atoms with Crippen LogP contribution in [-0.2, 0) is 11.2 Å². The molecule has 106 valence electrons. The monoisotopic (exact) mass is 281 g/mol. The molecule has 0 saturated carbocycles. The van der Waals surface area contributed by atoms with Gasteiger partial charge in [0, 0.05) is 17.7 Å². The van der Waals surface area contributed by atoms with Crippen molar-refractivity contribution in [2.45, 2.75) is 19.4 Å². The van der Waals surface area contributed by atoms with Crippen molar-refractivity contribution in [1.29, 1.82) is 0 Å². The molecule has 0 aliphatic carbocycles. The third kappa shape index (κ3) is 2.29. The standard InChI is InChI=1S/C17H15NO3/c1-11-6-8-12(9-7-11)16(19)18-14-5-3-2-4-13(14)10-15(18)17(20)21/h2-9,15H,10H2,1H3,(H,20,21). The molecular formula is C17H15NO3. The molecule has 4 heteroatoms. The molecule has 21 heavy (non-hydrogen) atoms. The zero-order valence-electron chi connectivity index (χ0n) is 11.6. The number of fused-ring (bicyclic) bond motifs is 1. The number of carbonyl (C=O) groups excluding carboxylic acids is 1. The first kappa shape index (κ1) is 13.4. The fourth-order valence-electron chi connectivity index (χ4n) is 2.67. The molecular weight excluding hydrogens is 266 g/mol. The van der Waals surface area contributed by atoms with E-state index in [0.717, 1.165) is 11.1 Å². The average Bonchev–Trinajstić information content (AvgIpc) is 2.87. The maximum Gasteiger partial charge on any atom is 0.327 e. The molecule has 0 fully saturated rings. The molecule has 1 atom stereocenters. The van der Waals surface area contributed by atoms with Crippen molar-refractivity contribution in [2.24, 2.45) is 0 Å². The zero-order valence-corrected chi connectivity index (χ0v) is 11.6. The first-order chi connectivity index (χ1) is 10.1. The number of carboxylic acid groups (broad SMARTS) is 1. The van der Waals surface area contributed by atoms with Crippen molar-refractivity contribution >= 4 is 17.6 Å². The third-order valence-corrected chi connectivity index (χ3v) is 3.78. The predicted octanol–water partition coefficient (Wildman–Crippen LogP) is 2.65. The first-order valence-electron chi connectivity index (χ1n) is 6.79. The van der Waals surface area contributed by atoms with Crippen LogP contribution in [0.4, 0.5) is 5.69 Å². The number of hydrogen-bond acceptors (Lipinski definition) is 2. The largest absolute Gasteiger partial charge is 0.480 e. The van der Waals surface area contributed by atoms with Crippen molar-refractivity contribution < 1.29 is 14.7 Å². The van der Waals surface area contributed by atoms with E-state index >= 15 is 0 Å². The second-order valence-electron chi connectivity index (χ2n) is 5.23. The number of hydrogen-bond donors (Lipinski definition) is 1. The second kappa shape index (κ2) is 5.05. The summed E-state index contributed by atoms with van der Waals surface area (Å²) in [6, 6.07) is 13.7. The number of benzene rings is 2. The van der Waals surface area contributed by atoms with Gasteiger partial charge < -0.3 is 5.11 Å². The quantitative estimate of drug-likeness (QED) is 0.920. The van der Waals surface area contributed by atoms with Crippen LogP contribution in [0.3, 0.4) is 0 Å². The summed E-state index contributed by atoms with van der Waals surface area (Å²) in [5.41, 5.74) is 3.15. The van der Waals surface area contributed by atoms with Crippen LogP contribution in [0.15, 0.2) is 48.5 Å². The first-order valence-corrected chi connectivity index (χ1v) is 6.79. The highest BCUT2D eigenvalue weighted by Gasteiger charge is 2.38. The van der Waals surface area contributed by atoms with Gasteiger partial charge in [0.25, 0.3) is 5.91 Å². The van der Waals surface area contributed by atoms with E-state index in [9.17, 15) is 14.7 Å². The number of aliphatic carboxylic acids is 1. The summed E-state index contributed by atoms with van der Waals surface area (Å²) in [6.07, 6.45) is 0.350. The van der Waals surface area contributed by atoms with Crippen molar-refractivity contribution in [3.63, 3.8) is 0 Å². The van der Waals surface area contributed by atoms with E-state index in [2.05, 4.69) is 0 Å². The van der Waals surface area contributed by atoms with E-state index < -0.39 is 12.0 Å². The minimum absolute atomic E-state index is 0.271. The van der Waals surface area contributed by atoms with E-state index in [4.69, 9.17) is 0 Å². The molecule has 0 aromatic heterocycles. The summed E-state index contributed by atoms with van der Waals surface area (Å²) >= 11 is 0. The molecule has 0 radical (unpaired) electrons. The molecule has 0 bridgehead atoms. The van der Waals surface area contributed by atoms with Crippen LogP contribution < -0.4 is 4.90 Å². The highest BCUT2D eigenvalue weighted by Crippen LogP contribution is 2.33. The Morgan fingerprint density at radius 1 is 1.10 bits per heavy atom. The predicted molar refractivity (Wildman–Crippen MR) is 79.6 cm³/mol. The second-order valence-corrected chi connectivity index (χ2v) is 5.23. The van der Waals surface area contributed by atoms with Crippen molar-refractivity contribution in [2.75, 3.05) is 4.90 Å². The van der Waals surface area contributed by atoms with E-state index in [1.807, 2.05) is 37.3 Å². The number of amides is 1. The summed E-state index contributed by atoms with van der Waals surface area (Å²) in [5.74, 6) is -1.25. The van der Waals surface area contributed by atoms with Crippen molar-refractivity contribution in [3.8, 4) is 0 Å². The van der Waals surface area contributed by atoms with Crippen LogP contribution in [0.2, 0.25) is 0 Å². The number of carbonyl (C=O) groups is 2. The van der Waals surface area contributed by atoms with Crippen LogP contribution in [0.25, 0.3) is 0 Å². The Hall–Kier alpha value is -2.62. The Labute approximate surface area is 122 Å². The van der Waals surface area contributed by atoms with Gasteiger partial charge in [-0.05, 0) is 30.7 Å². The molecule has 1 unspecified atom stereocenters. The lowest BCUT2D eigenvalue weighted by atomic mass is 10.1. The van der Waals surface area contributed by atoms with Gasteiger partial charge in [-0.2, -0.15) is 0 Å². The van der Waals surface area contributed by atoms with Gasteiger partial charge in [0.2, 0.25) is 0 Å². The topological polar surface area (TPSA) is 57.6 Å². The number of aryl methyl sites for hydroxylation is 1. The lowest BCUT2D eigenvalue weighted by Crippen LogP contribution is -2.42. The van der Waals surface area contributed by atoms with Crippen LogP contribution in [-0.4, -0.2) is 23.0 Å². The Bertz CT molecular complexity index is 706. The lowest BCUT2D eigenvalue weighted by molar-refractivity contribution is -0.138. The minimum Gasteiger partial charge on any atom is -0.480 e. The van der Waals surface area contributed by atoms with Gasteiger partial charge in [-0.15, -0.1) is 0 Å². The smallest absolute Gasteiger partial charge is 0.327 e. The summed E-state index contributed by atoms with van der Waals surface area (Å²) in [4.78, 5) is 25.6. The third-order valence-electron chi connectivity index (χ3n) is 3.78. The van der Waals surface area contributed by atoms with Gasteiger partial charge in [0.1, 0.15) is 6.04 Å². The summed E-state index contributed by atoms with van der Waals surface area (Å²) in [6.45, 7) is 1.94. The van der Waals surface area contributed by atoms with Gasteiger partial charge in [-0.1, -0.05) is 35.9 Å². The van der Waals surface area contributed by atoms with Gasteiger partial charge >= 0.3 is 5.97 Å². The fourth-order valence-corrected chi connectivity index (χ4v) is 2.67. The number of rotatable bonds is 2. The summed E-state index contributed by atoms with van der Waals surface area (Å²) in [7, 11) is 0. The Morgan fingerprint density at radius 2 is 1.76 bits per heavy atom. The summed E-state index contributed by atoms with van der Waals surface area (Å²) < 4.78 is 0. The van der Waals surface area contributed by atoms with Crippen LogP contribution in [0, 0.1) is 6.92 Å². The van der Waals surface area contributed by atoms with Crippen LogP contribution >= 0.6 is 0 Å². The average molecular weight is 281 g/mol. The molecule has 0 saturated heterocycles. The Morgan fingerprint density at radius 3 is 2.43 bits per heavy atom. The minimum atomic E-state index is -0.980. The maximum atomic E-state index is 12.7. The van der Waals surface area contributed by atoms with Crippen molar-refractivity contribution in [3.05, 3.63) is 65.2 Å². The van der Waals surface area contributed by atoms with Gasteiger partial charge in [-0.3, -0.25) is 9.69 Å². The van der Waals surface area contributed by atoms with E-state index in [1.165, 1.54) is 4.90 Å². The normalized spacial score (nSPS) is 16.6. The molecule has 2 aromatic rings. The van der Waals surface area contributed by atoms with Crippen molar-refractivity contribution in [1.82, 2.24) is 0 Å². The van der Waals surface area contributed by atoms with Crippen LogP contribution in [0.1, 0.15) is 21.5 Å². The van der Waals surface area contributed by atoms with Gasteiger partial charge in [-0.25, -0.2) is 4.79 Å². The molecule has 1 heterocycles. The molecule has 4 nitrogen and oxygen atoms in total. The molecule has 2 aromatic carbocycles.